The van der Waals surface area contributed by atoms with Crippen LogP contribution in [0.15, 0.2) is 101 Å². The van der Waals surface area contributed by atoms with Crippen molar-refractivity contribution in [2.24, 2.45) is 15.3 Å². The number of benzene rings is 4. The summed E-state index contributed by atoms with van der Waals surface area (Å²) in [5.74, 6) is -1.43. The number of ether oxygens (including phenoxy) is 4. The number of nitrogens with two attached hydrogens (primary N) is 2. The number of nitrogens with one attached hydrogen (secondary N) is 1. The number of carbonyl (C=O) groups excluding carboxylic acids is 5. The van der Waals surface area contributed by atoms with Crippen LogP contribution in [0.1, 0.15) is 242 Å². The quantitative estimate of drug-likeness (QED) is 0.0134. The Hall–Kier alpha value is -4.03. The maximum absolute atomic E-state index is 12.4. The summed E-state index contributed by atoms with van der Waals surface area (Å²) in [5, 5.41) is 5.04. The second kappa shape index (κ2) is 51.8. The van der Waals surface area contributed by atoms with E-state index < -0.39 is 38.9 Å². The van der Waals surface area contributed by atoms with Gasteiger partial charge < -0.3 is 48.6 Å². The van der Waals surface area contributed by atoms with Crippen molar-refractivity contribution in [1.82, 2.24) is 4.72 Å². The first-order chi connectivity index (χ1) is 38.4. The van der Waals surface area contributed by atoms with Crippen molar-refractivity contribution in [1.29, 1.82) is 0 Å². The van der Waals surface area contributed by atoms with E-state index in [1.54, 1.807) is 79.0 Å². The summed E-state index contributed by atoms with van der Waals surface area (Å²) in [7, 11) is 1.82. The molecule has 0 amide bonds. The third-order valence-electron chi connectivity index (χ3n) is 11.3. The minimum absolute atomic E-state index is 0. The fraction of sp³-hybridized carbons (Fsp3) is 0.516. The van der Waals surface area contributed by atoms with E-state index in [0.717, 1.165) is 67.9 Å². The van der Waals surface area contributed by atoms with Gasteiger partial charge in [0, 0.05) is 23.9 Å². The molecule has 0 saturated carbocycles. The Morgan fingerprint density at radius 1 is 0.558 bits per heavy atom. The van der Waals surface area contributed by atoms with Crippen molar-refractivity contribution in [2.45, 2.75) is 187 Å². The van der Waals surface area contributed by atoms with Crippen LogP contribution >= 0.6 is 12.4 Å². The molecule has 5 N–H and O–H groups in total. The monoisotopic (exact) mass is 1350 g/mol. The Morgan fingerprint density at radius 2 is 0.884 bits per heavy atom. The second-order valence-electron chi connectivity index (χ2n) is 21.4. The molecule has 22 heteroatoms. The average Bonchev–Trinajstić information content (AvgIpc) is 3.61. The van der Waals surface area contributed by atoms with Gasteiger partial charge in [-0.3, -0.25) is 9.93 Å². The molecule has 0 fully saturated rings. The largest absolute Gasteiger partial charge is 2.00 e. The minimum atomic E-state index is -1.28. The van der Waals surface area contributed by atoms with Crippen LogP contribution in [0.2, 0.25) is 0 Å². The molecule has 4 rings (SSSR count). The molecule has 5 atom stereocenters. The van der Waals surface area contributed by atoms with E-state index in [1.807, 2.05) is 86.6 Å². The van der Waals surface area contributed by atoms with Crippen LogP contribution in [-0.4, -0.2) is 115 Å². The zero-order chi connectivity index (χ0) is 63.1. The van der Waals surface area contributed by atoms with Gasteiger partial charge in [-0.05, 0) is 140 Å². The number of nitrogens with zero attached hydrogens (tertiary/aromatic N) is 1. The topological polar surface area (TPSA) is 250 Å². The molecule has 484 valence electrons. The SMILES string of the molecule is C.CC(C)(C)S(N)=O.CCCCC[C@@H](N)c1ccc(C(=O)OC)cc1.CCCCC[C@@H](NS(=O)C(C)(C)C)c1ccc(C(=O)OC)cc1.COC(=O)c1ccc(C=NS(=O)C(C)(C)C)cc1.COC(=O)c1ccc(C=O)cc1.Cl.[Br-].[CH2-]CCCC.[Mg+2]. The first-order valence-corrected chi connectivity index (χ1v) is 31.0. The molecule has 0 aliphatic rings. The van der Waals surface area contributed by atoms with Crippen molar-refractivity contribution in [3.05, 3.63) is 148 Å². The third kappa shape index (κ3) is 42.0. The first-order valence-electron chi connectivity index (χ1n) is 27.5. The molecule has 3 unspecified atom stereocenters. The Labute approximate surface area is 557 Å². The van der Waals surface area contributed by atoms with E-state index in [9.17, 15) is 36.6 Å². The normalized spacial score (nSPS) is 12.2. The Morgan fingerprint density at radius 3 is 1.16 bits per heavy atom. The maximum Gasteiger partial charge on any atom is 2.00 e. The number of methoxy groups -OCH3 is 4. The molecule has 0 heterocycles. The van der Waals surface area contributed by atoms with Crippen molar-refractivity contribution >= 4 is 105 Å². The average molecular weight is 1360 g/mol. The number of halogens is 2. The van der Waals surface area contributed by atoms with E-state index in [2.05, 4.69) is 51.0 Å². The molecule has 86 heavy (non-hydrogen) atoms. The first kappa shape index (κ1) is 93.1. The van der Waals surface area contributed by atoms with E-state index in [0.29, 0.717) is 27.8 Å². The number of rotatable bonds is 21. The van der Waals surface area contributed by atoms with Crippen molar-refractivity contribution in [3.63, 3.8) is 0 Å². The summed E-state index contributed by atoms with van der Waals surface area (Å²) in [6, 6.07) is 27.8. The summed E-state index contributed by atoms with van der Waals surface area (Å²) >= 11 is 0. The smallest absolute Gasteiger partial charge is 1.00 e. The van der Waals surface area contributed by atoms with Crippen LogP contribution in [0, 0.1) is 6.92 Å². The van der Waals surface area contributed by atoms with Crippen molar-refractivity contribution in [3.8, 4) is 0 Å². The van der Waals surface area contributed by atoms with Gasteiger partial charge >= 0.3 is 46.9 Å². The molecule has 0 aromatic heterocycles. The van der Waals surface area contributed by atoms with Crippen LogP contribution < -0.4 is 32.6 Å². The second-order valence-corrected chi connectivity index (χ2v) is 27.2. The predicted molar refractivity (Wildman–Crippen MR) is 358 cm³/mol. The zero-order valence-corrected chi connectivity index (χ0v) is 59.5. The molecule has 0 radical (unpaired) electrons. The molecule has 4 aromatic carbocycles. The summed E-state index contributed by atoms with van der Waals surface area (Å²) in [6.07, 6.45) is 14.8. The molecule has 0 saturated heterocycles. The van der Waals surface area contributed by atoms with Gasteiger partial charge in [0.2, 0.25) is 0 Å². The number of hydrogen-bond donors (Lipinski definition) is 3. The van der Waals surface area contributed by atoms with Gasteiger partial charge in [-0.25, -0.2) is 36.5 Å². The van der Waals surface area contributed by atoms with Crippen LogP contribution in [0.25, 0.3) is 0 Å². The summed E-state index contributed by atoms with van der Waals surface area (Å²) in [5.41, 5.74) is 11.6. The van der Waals surface area contributed by atoms with E-state index in [-0.39, 0.29) is 104 Å². The van der Waals surface area contributed by atoms with Gasteiger partial charge in [0.15, 0.2) is 0 Å². The molecule has 16 nitrogen and oxygen atoms in total. The van der Waals surface area contributed by atoms with Crippen LogP contribution in [0.5, 0.6) is 0 Å². The van der Waals surface area contributed by atoms with Crippen molar-refractivity contribution in [2.75, 3.05) is 28.4 Å². The molecule has 0 spiro atoms. The molecule has 4 aromatic rings. The van der Waals surface area contributed by atoms with Gasteiger partial charge in [0.1, 0.15) is 17.3 Å². The molecular formula is C64H102BrClMgN4O12S3. The van der Waals surface area contributed by atoms with Gasteiger partial charge in [-0.2, -0.15) is 10.8 Å². The number of esters is 4. The van der Waals surface area contributed by atoms with Gasteiger partial charge in [-0.1, -0.05) is 128 Å². The maximum atomic E-state index is 12.4. The fourth-order valence-corrected chi connectivity index (χ4v) is 7.49. The van der Waals surface area contributed by atoms with Crippen LogP contribution in [0.4, 0.5) is 0 Å². The molecular weight excluding hydrogens is 1250 g/mol. The van der Waals surface area contributed by atoms with E-state index in [1.165, 1.54) is 54.1 Å². The number of carbonyl (C=O) groups is 5. The Kier molecular flexibility index (Phi) is 56.1. The molecule has 0 aliphatic carbocycles. The minimum Gasteiger partial charge on any atom is -1.00 e. The fourth-order valence-electron chi connectivity index (χ4n) is 6.09. The summed E-state index contributed by atoms with van der Waals surface area (Å²) in [6.45, 7) is 27.2. The van der Waals surface area contributed by atoms with Gasteiger partial charge in [0.25, 0.3) is 0 Å². The predicted octanol–water partition coefficient (Wildman–Crippen LogP) is 10.9. The van der Waals surface area contributed by atoms with Gasteiger partial charge in [-0.15, -0.1) is 12.4 Å². The number of aldehydes is 1. The van der Waals surface area contributed by atoms with E-state index >= 15 is 0 Å². The summed E-state index contributed by atoms with van der Waals surface area (Å²) < 4.78 is 59.2. The van der Waals surface area contributed by atoms with Crippen LogP contribution in [-0.2, 0) is 51.9 Å². The Bertz CT molecular complexity index is 2560. The standard InChI is InChI=1S/C18H29NO3S.C14H21NO2.C13H17NO3S.C9H8O3.C5H11.C4H11NOS.CH4.BrH.ClH.Mg/c1-6-7-8-9-16(19-23(21)18(2,3)4)14-10-12-15(13-11-14)17(20)22-5;1-3-4-5-6-13(15)11-7-9-12(10-8-11)14(16)17-2;1-13(2,3)18(16)14-9-10-5-7-11(8-6-10)12(15)17-4;1-12-9(11)8-4-2-7(6-10)3-5-8;1-3-5-4-2;1-4(2,3)7(5)6;;;;/h10-13,16,19H,6-9H2,1-5H3;7-10,13H,3-6,15H2,1-2H3;5-9H,1-4H3;2-6H,1H3;1,3-5H2,2H3;5H2,1-3H3;1H4;2*1H;/q;;;;-1;;;;;+2/p-1/t16-,23?;13-;;;;;;;;/m11......../s1. The van der Waals surface area contributed by atoms with Crippen molar-refractivity contribution < 1.29 is 72.5 Å². The van der Waals surface area contributed by atoms with Crippen LogP contribution in [0.3, 0.4) is 0 Å². The summed E-state index contributed by atoms with van der Waals surface area (Å²) in [4.78, 5) is 55.1. The zero-order valence-electron chi connectivity index (χ0n) is 53.3. The van der Waals surface area contributed by atoms with E-state index in [4.69, 9.17) is 15.6 Å². The van der Waals surface area contributed by atoms with Gasteiger partial charge in [0.05, 0.1) is 86.9 Å². The molecule has 0 aliphatic heterocycles. The Balaban J connectivity index is -0.000000233. The number of unbranched alkanes of at least 4 members (excludes halogenated alkanes) is 6. The molecule has 0 bridgehead atoms. The number of hydrogen-bond acceptors (Lipinski definition) is 13. The third-order valence-corrected chi connectivity index (χ3v) is 15.5.